The van der Waals surface area contributed by atoms with E-state index in [-0.39, 0.29) is 18.4 Å². The summed E-state index contributed by atoms with van der Waals surface area (Å²) in [7, 11) is 1.57. The molecule has 3 rings (SSSR count). The number of likely N-dealkylation sites (N-methyl/N-ethyl adjacent to an activating group) is 1. The van der Waals surface area contributed by atoms with Gasteiger partial charge >= 0.3 is 0 Å². The molecule has 2 amide bonds. The Morgan fingerprint density at radius 1 is 1.10 bits per heavy atom. The molecule has 1 aromatic heterocycles. The van der Waals surface area contributed by atoms with Crippen LogP contribution in [0.15, 0.2) is 48.5 Å². The molecular weight excluding hydrogens is 366 g/mol. The van der Waals surface area contributed by atoms with Crippen LogP contribution in [0.25, 0.3) is 10.9 Å². The van der Waals surface area contributed by atoms with Crippen LogP contribution in [-0.2, 0) is 4.79 Å². The minimum Gasteiger partial charge on any atom is -0.497 e. The van der Waals surface area contributed by atoms with E-state index in [1.165, 1.54) is 4.90 Å². The maximum atomic E-state index is 13.1. The number of nitrogens with one attached hydrogen (secondary N) is 1. The fraction of sp³-hybridized carbons (Fsp3) is 0.261. The molecule has 0 unspecified atom stereocenters. The highest BCUT2D eigenvalue weighted by atomic mass is 16.5. The molecule has 0 aliphatic rings. The van der Waals surface area contributed by atoms with E-state index in [0.29, 0.717) is 29.2 Å². The summed E-state index contributed by atoms with van der Waals surface area (Å²) in [6.07, 6.45) is 0. The van der Waals surface area contributed by atoms with E-state index in [9.17, 15) is 9.59 Å². The lowest BCUT2D eigenvalue weighted by Crippen LogP contribution is -2.38. The van der Waals surface area contributed by atoms with Crippen molar-refractivity contribution in [2.24, 2.45) is 0 Å². The second kappa shape index (κ2) is 8.73. The number of methoxy groups -OCH3 is 1. The quantitative estimate of drug-likeness (QED) is 0.690. The van der Waals surface area contributed by atoms with Gasteiger partial charge in [0.15, 0.2) is 0 Å². The van der Waals surface area contributed by atoms with Crippen molar-refractivity contribution in [3.63, 3.8) is 0 Å². The van der Waals surface area contributed by atoms with Crippen LogP contribution in [0.2, 0.25) is 0 Å². The van der Waals surface area contributed by atoms with Gasteiger partial charge in [0.05, 0.1) is 23.9 Å². The molecule has 6 heteroatoms. The van der Waals surface area contributed by atoms with Crippen molar-refractivity contribution in [2.75, 3.05) is 25.5 Å². The number of anilines is 1. The van der Waals surface area contributed by atoms with Crippen LogP contribution in [0.4, 0.5) is 5.69 Å². The summed E-state index contributed by atoms with van der Waals surface area (Å²) in [6, 6.07) is 14.9. The summed E-state index contributed by atoms with van der Waals surface area (Å²) in [5, 5.41) is 3.72. The SMILES string of the molecule is CCN(CC(=O)Nc1cccc(OC)c1)C(=O)c1cc2cc(C)ccc2nc1C. The molecule has 150 valence electrons. The highest BCUT2D eigenvalue weighted by Crippen LogP contribution is 2.20. The third kappa shape index (κ3) is 4.71. The third-order valence-electron chi connectivity index (χ3n) is 4.75. The molecule has 0 saturated carbocycles. The standard InChI is InChI=1S/C23H25N3O3/c1-5-26(14-22(27)25-18-7-6-8-19(13-18)29-4)23(28)20-12-17-11-15(2)9-10-21(17)24-16(20)3/h6-13H,5,14H2,1-4H3,(H,25,27). The monoisotopic (exact) mass is 391 g/mol. The highest BCUT2D eigenvalue weighted by Gasteiger charge is 2.20. The largest absolute Gasteiger partial charge is 0.497 e. The fourth-order valence-corrected chi connectivity index (χ4v) is 3.18. The minimum absolute atomic E-state index is 0.0438. The van der Waals surface area contributed by atoms with Gasteiger partial charge in [-0.05, 0) is 51.1 Å². The lowest BCUT2D eigenvalue weighted by molar-refractivity contribution is -0.116. The zero-order valence-corrected chi connectivity index (χ0v) is 17.2. The molecule has 0 radical (unpaired) electrons. The first kappa shape index (κ1) is 20.3. The molecule has 2 aromatic carbocycles. The van der Waals surface area contributed by atoms with Crippen LogP contribution in [0, 0.1) is 13.8 Å². The zero-order valence-electron chi connectivity index (χ0n) is 17.2. The van der Waals surface area contributed by atoms with Gasteiger partial charge in [-0.1, -0.05) is 17.7 Å². The second-order valence-electron chi connectivity index (χ2n) is 6.92. The fourth-order valence-electron chi connectivity index (χ4n) is 3.18. The van der Waals surface area contributed by atoms with Crippen molar-refractivity contribution in [2.45, 2.75) is 20.8 Å². The van der Waals surface area contributed by atoms with E-state index in [0.717, 1.165) is 16.5 Å². The van der Waals surface area contributed by atoms with Crippen LogP contribution < -0.4 is 10.1 Å². The number of fused-ring (bicyclic) bond motifs is 1. The van der Waals surface area contributed by atoms with Crippen LogP contribution >= 0.6 is 0 Å². The predicted molar refractivity (Wildman–Crippen MR) is 114 cm³/mol. The number of hydrogen-bond donors (Lipinski definition) is 1. The lowest BCUT2D eigenvalue weighted by Gasteiger charge is -2.21. The first-order chi connectivity index (χ1) is 13.9. The number of hydrogen-bond acceptors (Lipinski definition) is 4. The first-order valence-electron chi connectivity index (χ1n) is 9.52. The van der Waals surface area contributed by atoms with Crippen molar-refractivity contribution in [1.82, 2.24) is 9.88 Å². The highest BCUT2D eigenvalue weighted by molar-refractivity contribution is 6.01. The molecule has 0 spiro atoms. The molecule has 0 fully saturated rings. The number of aryl methyl sites for hydroxylation is 2. The Morgan fingerprint density at radius 3 is 2.62 bits per heavy atom. The summed E-state index contributed by atoms with van der Waals surface area (Å²) in [5.74, 6) is 0.178. The number of carbonyl (C=O) groups excluding carboxylic acids is 2. The van der Waals surface area contributed by atoms with Gasteiger partial charge in [0.1, 0.15) is 12.3 Å². The van der Waals surface area contributed by atoms with Gasteiger partial charge in [0, 0.05) is 23.7 Å². The molecule has 0 saturated heterocycles. The third-order valence-corrected chi connectivity index (χ3v) is 4.75. The van der Waals surface area contributed by atoms with Crippen LogP contribution in [0.3, 0.4) is 0 Å². The van der Waals surface area contributed by atoms with Gasteiger partial charge in [0.2, 0.25) is 5.91 Å². The minimum atomic E-state index is -0.268. The van der Waals surface area contributed by atoms with E-state index < -0.39 is 0 Å². The van der Waals surface area contributed by atoms with Gasteiger partial charge in [-0.2, -0.15) is 0 Å². The van der Waals surface area contributed by atoms with Crippen molar-refractivity contribution in [1.29, 1.82) is 0 Å². The van der Waals surface area contributed by atoms with Crippen LogP contribution in [-0.4, -0.2) is 41.9 Å². The number of amides is 2. The van der Waals surface area contributed by atoms with Gasteiger partial charge in [0.25, 0.3) is 5.91 Å². The van der Waals surface area contributed by atoms with E-state index in [1.54, 1.807) is 31.4 Å². The normalized spacial score (nSPS) is 10.6. The number of carbonyl (C=O) groups is 2. The molecule has 6 nitrogen and oxygen atoms in total. The molecule has 0 bridgehead atoms. The first-order valence-corrected chi connectivity index (χ1v) is 9.52. The van der Waals surface area contributed by atoms with Crippen molar-refractivity contribution >= 4 is 28.4 Å². The van der Waals surface area contributed by atoms with Crippen molar-refractivity contribution in [3.8, 4) is 5.75 Å². The number of aromatic nitrogens is 1. The second-order valence-corrected chi connectivity index (χ2v) is 6.92. The Hall–Kier alpha value is -3.41. The Labute approximate surface area is 170 Å². The lowest BCUT2D eigenvalue weighted by atomic mass is 10.1. The summed E-state index contributed by atoms with van der Waals surface area (Å²) < 4.78 is 5.17. The molecule has 0 aliphatic carbocycles. The zero-order chi connectivity index (χ0) is 21.0. The Kier molecular flexibility index (Phi) is 6.12. The molecule has 1 heterocycles. The van der Waals surface area contributed by atoms with E-state index in [1.807, 2.05) is 45.0 Å². The van der Waals surface area contributed by atoms with E-state index in [4.69, 9.17) is 4.74 Å². The number of nitrogens with zero attached hydrogens (tertiary/aromatic N) is 2. The number of rotatable bonds is 6. The van der Waals surface area contributed by atoms with Crippen LogP contribution in [0.1, 0.15) is 28.5 Å². The van der Waals surface area contributed by atoms with Gasteiger partial charge < -0.3 is 15.0 Å². The molecule has 0 aliphatic heterocycles. The molecule has 3 aromatic rings. The maximum absolute atomic E-state index is 13.1. The van der Waals surface area contributed by atoms with E-state index >= 15 is 0 Å². The van der Waals surface area contributed by atoms with Crippen molar-refractivity contribution in [3.05, 3.63) is 65.4 Å². The Morgan fingerprint density at radius 2 is 1.90 bits per heavy atom. The predicted octanol–water partition coefficient (Wildman–Crippen LogP) is 3.96. The maximum Gasteiger partial charge on any atom is 0.256 e. The van der Waals surface area contributed by atoms with Crippen molar-refractivity contribution < 1.29 is 14.3 Å². The summed E-state index contributed by atoms with van der Waals surface area (Å²) >= 11 is 0. The molecule has 1 N–H and O–H groups in total. The topological polar surface area (TPSA) is 71.5 Å². The van der Waals surface area contributed by atoms with Gasteiger partial charge in [-0.3, -0.25) is 14.6 Å². The summed E-state index contributed by atoms with van der Waals surface area (Å²) in [6.45, 7) is 6.04. The molecule has 0 atom stereocenters. The number of benzene rings is 2. The Balaban J connectivity index is 1.78. The van der Waals surface area contributed by atoms with Gasteiger partial charge in [-0.25, -0.2) is 0 Å². The number of ether oxygens (including phenoxy) is 1. The smallest absolute Gasteiger partial charge is 0.256 e. The average Bonchev–Trinajstić information content (AvgIpc) is 2.71. The summed E-state index contributed by atoms with van der Waals surface area (Å²) in [4.78, 5) is 31.7. The molecule has 29 heavy (non-hydrogen) atoms. The van der Waals surface area contributed by atoms with Crippen LogP contribution in [0.5, 0.6) is 5.75 Å². The Bertz CT molecular complexity index is 1060. The molecular formula is C23H25N3O3. The van der Waals surface area contributed by atoms with Gasteiger partial charge in [-0.15, -0.1) is 0 Å². The number of pyridine rings is 1. The average molecular weight is 391 g/mol. The van der Waals surface area contributed by atoms with E-state index in [2.05, 4.69) is 10.3 Å². The summed E-state index contributed by atoms with van der Waals surface area (Å²) in [5.41, 5.74) is 3.74.